The Morgan fingerprint density at radius 1 is 1.21 bits per heavy atom. The maximum Gasteiger partial charge on any atom is -0.00255 e. The van der Waals surface area contributed by atoms with Crippen LogP contribution in [-0.2, 0) is 0 Å². The van der Waals surface area contributed by atoms with Crippen molar-refractivity contribution in [2.75, 3.05) is 6.54 Å². The van der Waals surface area contributed by atoms with E-state index >= 15 is 0 Å². The normalized spacial score (nSPS) is 13.4. The second-order valence-electron chi connectivity index (χ2n) is 6.11. The third-order valence-corrected chi connectivity index (χ3v) is 3.04. The zero-order chi connectivity index (χ0) is 11.6. The summed E-state index contributed by atoms with van der Waals surface area (Å²) in [6.07, 6.45) is 1.10. The highest BCUT2D eigenvalue weighted by Gasteiger charge is 2.30. The monoisotopic (exact) mass is 197 g/mol. The lowest BCUT2D eigenvalue weighted by Gasteiger charge is -2.37. The second-order valence-corrected chi connectivity index (χ2v) is 6.11. The van der Waals surface area contributed by atoms with Crippen molar-refractivity contribution < 1.29 is 0 Å². The van der Waals surface area contributed by atoms with Crippen LogP contribution in [0.3, 0.4) is 0 Å². The van der Waals surface area contributed by atoms with Crippen LogP contribution in [0.25, 0.3) is 0 Å². The Kier molecular flexibility index (Phi) is 4.38. The first-order valence-electron chi connectivity index (χ1n) is 5.52. The van der Waals surface area contributed by atoms with Crippen LogP contribution in [0, 0.1) is 16.7 Å². The van der Waals surface area contributed by atoms with Gasteiger partial charge in [0.15, 0.2) is 0 Å². The van der Waals surface area contributed by atoms with Gasteiger partial charge in [0, 0.05) is 0 Å². The van der Waals surface area contributed by atoms with Gasteiger partial charge in [-0.15, -0.1) is 0 Å². The van der Waals surface area contributed by atoms with Crippen LogP contribution >= 0.6 is 0 Å². The molecule has 0 aromatic rings. The van der Waals surface area contributed by atoms with Gasteiger partial charge in [-0.1, -0.05) is 53.7 Å². The van der Waals surface area contributed by atoms with Crippen LogP contribution in [-0.4, -0.2) is 6.54 Å². The predicted molar refractivity (Wildman–Crippen MR) is 65.2 cm³/mol. The molecule has 84 valence electrons. The van der Waals surface area contributed by atoms with Gasteiger partial charge in [-0.2, -0.15) is 0 Å². The molecule has 0 aliphatic rings. The van der Waals surface area contributed by atoms with Crippen molar-refractivity contribution in [3.05, 3.63) is 12.2 Å². The van der Waals surface area contributed by atoms with Gasteiger partial charge in [-0.25, -0.2) is 0 Å². The van der Waals surface area contributed by atoms with Crippen LogP contribution in [0.2, 0.25) is 0 Å². The van der Waals surface area contributed by atoms with Crippen LogP contribution in [0.5, 0.6) is 0 Å². The molecule has 0 aromatic carbocycles. The molecule has 0 fully saturated rings. The van der Waals surface area contributed by atoms with Gasteiger partial charge in [0.25, 0.3) is 0 Å². The topological polar surface area (TPSA) is 26.0 Å². The van der Waals surface area contributed by atoms with E-state index in [4.69, 9.17) is 5.73 Å². The van der Waals surface area contributed by atoms with E-state index in [1.165, 1.54) is 5.57 Å². The highest BCUT2D eigenvalue weighted by Crippen LogP contribution is 2.40. The molecule has 0 rings (SSSR count). The largest absolute Gasteiger partial charge is 0.330 e. The Morgan fingerprint density at radius 3 is 1.93 bits per heavy atom. The predicted octanol–water partition coefficient (Wildman–Crippen LogP) is 3.60. The molecule has 14 heavy (non-hydrogen) atoms. The quantitative estimate of drug-likeness (QED) is 0.670. The van der Waals surface area contributed by atoms with E-state index in [1.807, 2.05) is 0 Å². The lowest BCUT2D eigenvalue weighted by molar-refractivity contribution is 0.224. The van der Waals surface area contributed by atoms with E-state index in [-0.39, 0.29) is 10.8 Å². The number of hydrogen-bond acceptors (Lipinski definition) is 1. The molecule has 0 aliphatic carbocycles. The van der Waals surface area contributed by atoms with E-state index in [0.717, 1.165) is 13.0 Å². The van der Waals surface area contributed by atoms with E-state index < -0.39 is 0 Å². The van der Waals surface area contributed by atoms with E-state index in [0.29, 0.717) is 5.92 Å². The Hall–Kier alpha value is -0.300. The van der Waals surface area contributed by atoms with Gasteiger partial charge in [0.05, 0.1) is 0 Å². The molecule has 2 N–H and O–H groups in total. The number of allylic oxidation sites excluding steroid dienone is 1. The number of rotatable bonds is 5. The third kappa shape index (κ3) is 3.83. The standard InChI is InChI=1S/C13H27N/c1-10(2)11(3)13(6,7)8-12(4,5)9-14/h10H,3,8-9,14H2,1-2,4-7H3. The fraction of sp³-hybridized carbons (Fsp3) is 0.846. The minimum Gasteiger partial charge on any atom is -0.330 e. The minimum atomic E-state index is 0.192. The summed E-state index contributed by atoms with van der Waals surface area (Å²) in [6.45, 7) is 18.3. The molecule has 0 aliphatic heterocycles. The van der Waals surface area contributed by atoms with Crippen molar-refractivity contribution in [1.29, 1.82) is 0 Å². The smallest absolute Gasteiger partial charge is 0.00255 e. The SMILES string of the molecule is C=C(C(C)C)C(C)(C)CC(C)(C)CN. The molecule has 0 unspecified atom stereocenters. The van der Waals surface area contributed by atoms with Crippen molar-refractivity contribution in [2.24, 2.45) is 22.5 Å². The Balaban J connectivity index is 4.56. The van der Waals surface area contributed by atoms with Crippen LogP contribution in [0.1, 0.15) is 48.0 Å². The van der Waals surface area contributed by atoms with Gasteiger partial charge >= 0.3 is 0 Å². The fourth-order valence-corrected chi connectivity index (χ4v) is 2.16. The molecular formula is C13H27N. The highest BCUT2D eigenvalue weighted by molar-refractivity contribution is 5.10. The minimum absolute atomic E-state index is 0.192. The van der Waals surface area contributed by atoms with E-state index in [9.17, 15) is 0 Å². The van der Waals surface area contributed by atoms with Crippen LogP contribution in [0.4, 0.5) is 0 Å². The van der Waals surface area contributed by atoms with E-state index in [1.54, 1.807) is 0 Å². The van der Waals surface area contributed by atoms with Gasteiger partial charge in [0.2, 0.25) is 0 Å². The van der Waals surface area contributed by atoms with Gasteiger partial charge in [-0.3, -0.25) is 0 Å². The summed E-state index contributed by atoms with van der Waals surface area (Å²) in [5, 5.41) is 0. The summed E-state index contributed by atoms with van der Waals surface area (Å²) in [5.74, 6) is 0.554. The number of hydrogen-bond donors (Lipinski definition) is 1. The molecule has 0 radical (unpaired) electrons. The van der Waals surface area contributed by atoms with Crippen molar-refractivity contribution >= 4 is 0 Å². The maximum absolute atomic E-state index is 5.76. The van der Waals surface area contributed by atoms with Crippen molar-refractivity contribution in [3.8, 4) is 0 Å². The fourth-order valence-electron chi connectivity index (χ4n) is 2.16. The van der Waals surface area contributed by atoms with Crippen LogP contribution < -0.4 is 5.73 Å². The Morgan fingerprint density at radius 2 is 1.64 bits per heavy atom. The van der Waals surface area contributed by atoms with Gasteiger partial charge in [-0.05, 0) is 29.7 Å². The second kappa shape index (κ2) is 4.48. The average molecular weight is 197 g/mol. The van der Waals surface area contributed by atoms with Gasteiger partial charge in [0.1, 0.15) is 0 Å². The summed E-state index contributed by atoms with van der Waals surface area (Å²) in [6, 6.07) is 0. The van der Waals surface area contributed by atoms with Crippen molar-refractivity contribution in [3.63, 3.8) is 0 Å². The van der Waals surface area contributed by atoms with Crippen molar-refractivity contribution in [1.82, 2.24) is 0 Å². The summed E-state index contributed by atoms with van der Waals surface area (Å²) in [4.78, 5) is 0. The molecule has 0 saturated carbocycles. The molecule has 0 bridgehead atoms. The zero-order valence-corrected chi connectivity index (χ0v) is 10.8. The summed E-state index contributed by atoms with van der Waals surface area (Å²) >= 11 is 0. The molecule has 0 heterocycles. The number of nitrogens with two attached hydrogens (primary N) is 1. The molecule has 0 atom stereocenters. The molecule has 1 heteroatoms. The lowest BCUT2D eigenvalue weighted by atomic mass is 9.69. The average Bonchev–Trinajstić information content (AvgIpc) is 2.01. The summed E-state index contributed by atoms with van der Waals surface area (Å²) < 4.78 is 0. The van der Waals surface area contributed by atoms with E-state index in [2.05, 4.69) is 48.1 Å². The maximum atomic E-state index is 5.76. The lowest BCUT2D eigenvalue weighted by Crippen LogP contribution is -2.31. The molecule has 0 saturated heterocycles. The molecule has 0 spiro atoms. The first kappa shape index (κ1) is 13.7. The molecule has 0 amide bonds. The summed E-state index contributed by atoms with van der Waals surface area (Å²) in [5.41, 5.74) is 7.49. The first-order valence-corrected chi connectivity index (χ1v) is 5.52. The third-order valence-electron chi connectivity index (χ3n) is 3.04. The van der Waals surface area contributed by atoms with Gasteiger partial charge < -0.3 is 5.73 Å². The molecule has 0 aromatic heterocycles. The highest BCUT2D eigenvalue weighted by atomic mass is 14.6. The molecular weight excluding hydrogens is 170 g/mol. The zero-order valence-electron chi connectivity index (χ0n) is 10.8. The molecule has 1 nitrogen and oxygen atoms in total. The summed E-state index contributed by atoms with van der Waals surface area (Å²) in [7, 11) is 0. The van der Waals surface area contributed by atoms with Crippen molar-refractivity contribution in [2.45, 2.75) is 48.0 Å². The van der Waals surface area contributed by atoms with Crippen LogP contribution in [0.15, 0.2) is 12.2 Å². The Bertz CT molecular complexity index is 199. The first-order chi connectivity index (χ1) is 6.12. The Labute approximate surface area is 89.8 Å².